The molecule has 2 aromatic rings. The van der Waals surface area contributed by atoms with E-state index in [4.69, 9.17) is 4.74 Å². The molecule has 1 aromatic heterocycles. The number of benzene rings is 1. The van der Waals surface area contributed by atoms with Crippen LogP contribution in [0.2, 0.25) is 0 Å². The lowest BCUT2D eigenvalue weighted by atomic mass is 10.2. The van der Waals surface area contributed by atoms with Gasteiger partial charge in [-0.25, -0.2) is 4.98 Å². The third-order valence-electron chi connectivity index (χ3n) is 2.15. The van der Waals surface area contributed by atoms with Gasteiger partial charge in [0.15, 0.2) is 6.29 Å². The third-order valence-corrected chi connectivity index (χ3v) is 2.77. The Labute approximate surface area is 101 Å². The quantitative estimate of drug-likeness (QED) is 0.880. The minimum Gasteiger partial charge on any atom is -0.495 e. The van der Waals surface area contributed by atoms with E-state index in [1.54, 1.807) is 7.11 Å². The lowest BCUT2D eigenvalue weighted by molar-refractivity contribution is 0.111. The maximum absolute atomic E-state index is 10.6. The van der Waals surface area contributed by atoms with E-state index >= 15 is 0 Å². The summed E-state index contributed by atoms with van der Waals surface area (Å²) in [6, 6.07) is 5.63. The number of rotatable bonds is 3. The van der Waals surface area contributed by atoms with Crippen molar-refractivity contribution in [3.63, 3.8) is 0 Å². The van der Waals surface area contributed by atoms with Gasteiger partial charge in [0.05, 0.1) is 29.0 Å². The Balaban J connectivity index is 2.54. The first kappa shape index (κ1) is 10.9. The summed E-state index contributed by atoms with van der Waals surface area (Å²) in [5.41, 5.74) is 1.25. The Morgan fingerprint density at radius 1 is 1.50 bits per heavy atom. The summed E-state index contributed by atoms with van der Waals surface area (Å²) in [7, 11) is 1.59. The number of aromatic amines is 1. The zero-order chi connectivity index (χ0) is 11.5. The Hall–Kier alpha value is -1.62. The molecule has 1 N–H and O–H groups in total. The Morgan fingerprint density at radius 3 is 2.94 bits per heavy atom. The van der Waals surface area contributed by atoms with Crippen molar-refractivity contribution >= 4 is 22.2 Å². The number of carbonyl (C=O) groups excluding carboxylic acids is 1. The molecule has 0 saturated carbocycles. The Bertz CT molecular complexity index is 522. The molecule has 0 radical (unpaired) electrons. The molecule has 0 spiro atoms. The van der Waals surface area contributed by atoms with E-state index in [9.17, 15) is 4.79 Å². The second kappa shape index (κ2) is 4.49. The number of hydrogen-bond acceptors (Lipinski definition) is 3. The molecular formula is C11H9BrN2O2. The largest absolute Gasteiger partial charge is 0.495 e. The van der Waals surface area contributed by atoms with Crippen LogP contribution in [0.15, 0.2) is 28.9 Å². The molecule has 0 aliphatic rings. The van der Waals surface area contributed by atoms with Gasteiger partial charge in [-0.2, -0.15) is 0 Å². The highest BCUT2D eigenvalue weighted by Gasteiger charge is 2.11. The number of methoxy groups -OCH3 is 1. The highest BCUT2D eigenvalue weighted by atomic mass is 79.9. The van der Waals surface area contributed by atoms with Crippen LogP contribution in [0.3, 0.4) is 0 Å². The molecule has 0 aliphatic carbocycles. The number of nitrogens with zero attached hydrogens (tertiary/aromatic N) is 1. The maximum atomic E-state index is 10.6. The fourth-order valence-electron chi connectivity index (χ4n) is 1.43. The SMILES string of the molecule is COc1c(Br)cccc1-c1ncc(C=O)[nH]1. The van der Waals surface area contributed by atoms with E-state index in [-0.39, 0.29) is 0 Å². The normalized spacial score (nSPS) is 10.1. The first-order valence-electron chi connectivity index (χ1n) is 4.59. The number of H-pyrrole nitrogens is 1. The fourth-order valence-corrected chi connectivity index (χ4v) is 1.96. The standard InChI is InChI=1S/C11H9BrN2O2/c1-16-10-8(3-2-4-9(10)12)11-13-5-7(6-15)14-11/h2-6H,1H3,(H,13,14). The van der Waals surface area contributed by atoms with Gasteiger partial charge in [0.25, 0.3) is 0 Å². The summed E-state index contributed by atoms with van der Waals surface area (Å²) >= 11 is 3.39. The summed E-state index contributed by atoms with van der Waals surface area (Å²) in [5, 5.41) is 0. The van der Waals surface area contributed by atoms with Crippen LogP contribution >= 0.6 is 15.9 Å². The minimum absolute atomic E-state index is 0.442. The van der Waals surface area contributed by atoms with E-state index in [0.717, 1.165) is 16.3 Å². The molecule has 0 bridgehead atoms. The number of aldehydes is 1. The van der Waals surface area contributed by atoms with Crippen LogP contribution in [0.1, 0.15) is 10.5 Å². The van der Waals surface area contributed by atoms with Gasteiger partial charge in [-0.1, -0.05) is 6.07 Å². The first-order valence-corrected chi connectivity index (χ1v) is 5.38. The van der Waals surface area contributed by atoms with Gasteiger partial charge >= 0.3 is 0 Å². The molecule has 0 amide bonds. The summed E-state index contributed by atoms with van der Waals surface area (Å²) in [6.07, 6.45) is 2.21. The van der Waals surface area contributed by atoms with E-state index in [1.165, 1.54) is 6.20 Å². The van der Waals surface area contributed by atoms with Crippen molar-refractivity contribution < 1.29 is 9.53 Å². The number of nitrogens with one attached hydrogen (secondary N) is 1. The number of aromatic nitrogens is 2. The lowest BCUT2D eigenvalue weighted by Crippen LogP contribution is -1.90. The number of halogens is 1. The van der Waals surface area contributed by atoms with Crippen LogP contribution in [0.5, 0.6) is 5.75 Å². The average Bonchev–Trinajstić information content (AvgIpc) is 2.77. The maximum Gasteiger partial charge on any atom is 0.167 e. The molecule has 16 heavy (non-hydrogen) atoms. The Morgan fingerprint density at radius 2 is 2.31 bits per heavy atom. The second-order valence-electron chi connectivity index (χ2n) is 3.13. The van der Waals surface area contributed by atoms with E-state index in [1.807, 2.05) is 18.2 Å². The zero-order valence-electron chi connectivity index (χ0n) is 8.53. The van der Waals surface area contributed by atoms with Gasteiger partial charge in [-0.3, -0.25) is 4.79 Å². The van der Waals surface area contributed by atoms with Crippen molar-refractivity contribution in [2.24, 2.45) is 0 Å². The molecule has 0 atom stereocenters. The van der Waals surface area contributed by atoms with Crippen LogP contribution in [0, 0.1) is 0 Å². The van der Waals surface area contributed by atoms with Gasteiger partial charge in [0, 0.05) is 0 Å². The summed E-state index contributed by atoms with van der Waals surface area (Å²) in [4.78, 5) is 17.6. The predicted octanol–water partition coefficient (Wildman–Crippen LogP) is 2.66. The number of hydrogen-bond donors (Lipinski definition) is 1. The fraction of sp³-hybridized carbons (Fsp3) is 0.0909. The monoisotopic (exact) mass is 280 g/mol. The smallest absolute Gasteiger partial charge is 0.167 e. The molecule has 0 unspecified atom stereocenters. The highest BCUT2D eigenvalue weighted by molar-refractivity contribution is 9.10. The van der Waals surface area contributed by atoms with Gasteiger partial charge < -0.3 is 9.72 Å². The molecule has 0 aliphatic heterocycles. The summed E-state index contributed by atoms with van der Waals surface area (Å²) in [6.45, 7) is 0. The highest BCUT2D eigenvalue weighted by Crippen LogP contribution is 2.34. The zero-order valence-corrected chi connectivity index (χ0v) is 10.1. The predicted molar refractivity (Wildman–Crippen MR) is 63.7 cm³/mol. The van der Waals surface area contributed by atoms with Crippen LogP contribution in [-0.2, 0) is 0 Å². The van der Waals surface area contributed by atoms with Crippen molar-refractivity contribution in [1.82, 2.24) is 9.97 Å². The van der Waals surface area contributed by atoms with E-state index < -0.39 is 0 Å². The van der Waals surface area contributed by atoms with Crippen molar-refractivity contribution in [3.8, 4) is 17.1 Å². The number of carbonyl (C=O) groups is 1. The molecular weight excluding hydrogens is 272 g/mol. The van der Waals surface area contributed by atoms with Crippen molar-refractivity contribution in [3.05, 3.63) is 34.6 Å². The molecule has 1 aromatic carbocycles. The van der Waals surface area contributed by atoms with Gasteiger partial charge in [-0.15, -0.1) is 0 Å². The van der Waals surface area contributed by atoms with Crippen LogP contribution < -0.4 is 4.74 Å². The molecule has 2 rings (SSSR count). The molecule has 0 saturated heterocycles. The summed E-state index contributed by atoms with van der Waals surface area (Å²) in [5.74, 6) is 1.30. The minimum atomic E-state index is 0.442. The topological polar surface area (TPSA) is 55.0 Å². The molecule has 4 nitrogen and oxygen atoms in total. The van der Waals surface area contributed by atoms with Crippen LogP contribution in [0.4, 0.5) is 0 Å². The number of imidazole rings is 1. The van der Waals surface area contributed by atoms with Crippen molar-refractivity contribution in [2.75, 3.05) is 7.11 Å². The lowest BCUT2D eigenvalue weighted by Gasteiger charge is -2.07. The van der Waals surface area contributed by atoms with Crippen molar-refractivity contribution in [1.29, 1.82) is 0 Å². The first-order chi connectivity index (χ1) is 7.76. The second-order valence-corrected chi connectivity index (χ2v) is 3.98. The average molecular weight is 281 g/mol. The molecule has 1 heterocycles. The van der Waals surface area contributed by atoms with Gasteiger partial charge in [0.1, 0.15) is 11.6 Å². The number of ether oxygens (including phenoxy) is 1. The van der Waals surface area contributed by atoms with Crippen LogP contribution in [-0.4, -0.2) is 23.4 Å². The van der Waals surface area contributed by atoms with Gasteiger partial charge in [0.2, 0.25) is 0 Å². The van der Waals surface area contributed by atoms with Crippen LogP contribution in [0.25, 0.3) is 11.4 Å². The third kappa shape index (κ3) is 1.86. The molecule has 82 valence electrons. The van der Waals surface area contributed by atoms with Gasteiger partial charge in [-0.05, 0) is 28.1 Å². The van der Waals surface area contributed by atoms with E-state index in [2.05, 4.69) is 25.9 Å². The summed E-state index contributed by atoms with van der Waals surface area (Å²) < 4.78 is 6.12. The number of para-hydroxylation sites is 1. The van der Waals surface area contributed by atoms with E-state index in [0.29, 0.717) is 17.3 Å². The Kier molecular flexibility index (Phi) is 3.05. The molecule has 0 fully saturated rings. The molecule has 5 heteroatoms. The van der Waals surface area contributed by atoms with Crippen molar-refractivity contribution in [2.45, 2.75) is 0 Å².